The molecule has 3 rings (SSSR count). The third-order valence-electron chi connectivity index (χ3n) is 5.30. The lowest BCUT2D eigenvalue weighted by Gasteiger charge is -2.36. The van der Waals surface area contributed by atoms with Crippen LogP contribution < -0.4 is 0 Å². The van der Waals surface area contributed by atoms with Crippen LogP contribution in [-0.2, 0) is 0 Å². The Morgan fingerprint density at radius 2 is 1.39 bits per heavy atom. The highest BCUT2D eigenvalue weighted by atomic mass is 14.3. The molecule has 0 unspecified atom stereocenters. The molecule has 2 aliphatic rings. The molecule has 18 heavy (non-hydrogen) atoms. The van der Waals surface area contributed by atoms with Crippen molar-refractivity contribution in [2.45, 2.75) is 63.7 Å². The van der Waals surface area contributed by atoms with E-state index < -0.39 is 0 Å². The van der Waals surface area contributed by atoms with Gasteiger partial charge in [0.2, 0.25) is 0 Å². The van der Waals surface area contributed by atoms with Gasteiger partial charge in [0.1, 0.15) is 0 Å². The summed E-state index contributed by atoms with van der Waals surface area (Å²) in [5.41, 5.74) is 1.60. The normalized spacial score (nSPS) is 30.2. The highest BCUT2D eigenvalue weighted by Gasteiger charge is 2.29. The molecule has 2 aliphatic carbocycles. The van der Waals surface area contributed by atoms with Crippen LogP contribution in [0.4, 0.5) is 0 Å². The Kier molecular flexibility index (Phi) is 4.02. The summed E-state index contributed by atoms with van der Waals surface area (Å²) in [7, 11) is 0. The van der Waals surface area contributed by atoms with Crippen molar-refractivity contribution < 1.29 is 0 Å². The molecule has 0 radical (unpaired) electrons. The Labute approximate surface area is 112 Å². The summed E-state index contributed by atoms with van der Waals surface area (Å²) in [4.78, 5) is 0. The summed E-state index contributed by atoms with van der Waals surface area (Å²) in [6.07, 6.45) is 13.4. The molecule has 2 saturated carbocycles. The largest absolute Gasteiger partial charge is 0.0622 e. The molecule has 0 N–H and O–H groups in total. The van der Waals surface area contributed by atoms with Gasteiger partial charge in [-0.25, -0.2) is 0 Å². The van der Waals surface area contributed by atoms with E-state index >= 15 is 0 Å². The summed E-state index contributed by atoms with van der Waals surface area (Å²) in [6.45, 7) is 0. The Bertz CT molecular complexity index is 348. The van der Waals surface area contributed by atoms with Gasteiger partial charge in [-0.15, -0.1) is 0 Å². The zero-order valence-corrected chi connectivity index (χ0v) is 11.5. The number of hydrogen-bond donors (Lipinski definition) is 0. The van der Waals surface area contributed by atoms with Crippen molar-refractivity contribution in [1.82, 2.24) is 0 Å². The molecule has 1 aromatic carbocycles. The van der Waals surface area contributed by atoms with Gasteiger partial charge in [-0.1, -0.05) is 75.3 Å². The van der Waals surface area contributed by atoms with E-state index in [0.29, 0.717) is 0 Å². The van der Waals surface area contributed by atoms with Crippen molar-refractivity contribution in [2.24, 2.45) is 11.8 Å². The molecular weight excluding hydrogens is 216 g/mol. The van der Waals surface area contributed by atoms with Gasteiger partial charge in [-0.3, -0.25) is 0 Å². The monoisotopic (exact) mass is 242 g/mol. The van der Waals surface area contributed by atoms with E-state index in [2.05, 4.69) is 30.3 Å². The van der Waals surface area contributed by atoms with Gasteiger partial charge >= 0.3 is 0 Å². The van der Waals surface area contributed by atoms with Crippen LogP contribution in [0.5, 0.6) is 0 Å². The smallest absolute Gasteiger partial charge is 0.0159 e. The van der Waals surface area contributed by atoms with Crippen LogP contribution in [0.15, 0.2) is 30.3 Å². The van der Waals surface area contributed by atoms with E-state index in [9.17, 15) is 0 Å². The first-order valence-corrected chi connectivity index (χ1v) is 7.98. The van der Waals surface area contributed by atoms with Crippen molar-refractivity contribution >= 4 is 0 Å². The fraction of sp³-hybridized carbons (Fsp3) is 0.667. The molecule has 0 saturated heterocycles. The van der Waals surface area contributed by atoms with Crippen LogP contribution in [0.3, 0.4) is 0 Å². The van der Waals surface area contributed by atoms with E-state index in [1.54, 1.807) is 5.56 Å². The first kappa shape index (κ1) is 12.3. The van der Waals surface area contributed by atoms with E-state index in [1.807, 2.05) is 0 Å². The molecule has 0 aliphatic heterocycles. The second kappa shape index (κ2) is 5.91. The van der Waals surface area contributed by atoms with Gasteiger partial charge in [0.15, 0.2) is 0 Å². The molecule has 0 amide bonds. The predicted octanol–water partition coefficient (Wildman–Crippen LogP) is 5.54. The van der Waals surface area contributed by atoms with Gasteiger partial charge in [-0.05, 0) is 36.2 Å². The average molecular weight is 242 g/mol. The third kappa shape index (κ3) is 2.79. The average Bonchev–Trinajstić information content (AvgIpc) is 2.49. The van der Waals surface area contributed by atoms with E-state index in [4.69, 9.17) is 0 Å². The Balaban J connectivity index is 1.64. The van der Waals surface area contributed by atoms with E-state index in [1.165, 1.54) is 57.8 Å². The van der Waals surface area contributed by atoms with Gasteiger partial charge in [-0.2, -0.15) is 0 Å². The Morgan fingerprint density at radius 1 is 0.667 bits per heavy atom. The minimum atomic E-state index is 0.854. The standard InChI is InChI=1S/C18H26/c1-3-8-15(9-4-1)17-12-7-13-18(14-17)16-10-5-2-6-11-16/h1,3-4,8-9,16-18H,2,5-7,10-14H2/t17-,18-/m1/s1. The van der Waals surface area contributed by atoms with Crippen molar-refractivity contribution in [3.05, 3.63) is 35.9 Å². The molecule has 0 nitrogen and oxygen atoms in total. The first-order chi connectivity index (χ1) is 8.93. The maximum atomic E-state index is 2.34. The molecule has 2 fully saturated rings. The minimum Gasteiger partial charge on any atom is -0.0622 e. The third-order valence-corrected chi connectivity index (χ3v) is 5.30. The molecular formula is C18H26. The minimum absolute atomic E-state index is 0.854. The second-order valence-electron chi connectivity index (χ2n) is 6.43. The zero-order valence-electron chi connectivity index (χ0n) is 11.5. The fourth-order valence-electron chi connectivity index (χ4n) is 4.29. The van der Waals surface area contributed by atoms with Crippen molar-refractivity contribution in [3.63, 3.8) is 0 Å². The topological polar surface area (TPSA) is 0 Å². The summed E-state index contributed by atoms with van der Waals surface area (Å²) in [5.74, 6) is 2.95. The van der Waals surface area contributed by atoms with Crippen LogP contribution >= 0.6 is 0 Å². The van der Waals surface area contributed by atoms with E-state index in [0.717, 1.165) is 17.8 Å². The summed E-state index contributed by atoms with van der Waals surface area (Å²) in [5, 5.41) is 0. The second-order valence-corrected chi connectivity index (χ2v) is 6.43. The van der Waals surface area contributed by atoms with Crippen LogP contribution in [0, 0.1) is 11.8 Å². The molecule has 98 valence electrons. The maximum Gasteiger partial charge on any atom is -0.0159 e. The van der Waals surface area contributed by atoms with Crippen molar-refractivity contribution in [3.8, 4) is 0 Å². The molecule has 2 atom stereocenters. The highest BCUT2D eigenvalue weighted by Crippen LogP contribution is 2.43. The molecule has 0 aromatic heterocycles. The van der Waals surface area contributed by atoms with Gasteiger partial charge in [0, 0.05) is 0 Å². The van der Waals surface area contributed by atoms with E-state index in [-0.39, 0.29) is 0 Å². The molecule has 0 bridgehead atoms. The predicted molar refractivity (Wildman–Crippen MR) is 77.7 cm³/mol. The lowest BCUT2D eigenvalue weighted by molar-refractivity contribution is 0.183. The fourth-order valence-corrected chi connectivity index (χ4v) is 4.29. The van der Waals surface area contributed by atoms with Gasteiger partial charge < -0.3 is 0 Å². The van der Waals surface area contributed by atoms with Gasteiger partial charge in [0.05, 0.1) is 0 Å². The molecule has 0 spiro atoms. The SMILES string of the molecule is c1ccc([C@@H]2CCC[C@@H](C3CCCCC3)C2)cc1. The summed E-state index contributed by atoms with van der Waals surface area (Å²) < 4.78 is 0. The Morgan fingerprint density at radius 3 is 2.17 bits per heavy atom. The van der Waals surface area contributed by atoms with Crippen LogP contribution in [-0.4, -0.2) is 0 Å². The van der Waals surface area contributed by atoms with Crippen molar-refractivity contribution in [2.75, 3.05) is 0 Å². The number of hydrogen-bond acceptors (Lipinski definition) is 0. The van der Waals surface area contributed by atoms with Crippen molar-refractivity contribution in [1.29, 1.82) is 0 Å². The lowest BCUT2D eigenvalue weighted by Crippen LogP contribution is -2.23. The molecule has 0 heterocycles. The Hall–Kier alpha value is -0.780. The zero-order chi connectivity index (χ0) is 12.2. The van der Waals surface area contributed by atoms with Crippen LogP contribution in [0.1, 0.15) is 69.3 Å². The summed E-state index contributed by atoms with van der Waals surface area (Å²) in [6, 6.07) is 11.2. The first-order valence-electron chi connectivity index (χ1n) is 7.98. The molecule has 1 aromatic rings. The molecule has 0 heteroatoms. The van der Waals surface area contributed by atoms with Gasteiger partial charge in [0.25, 0.3) is 0 Å². The summed E-state index contributed by atoms with van der Waals surface area (Å²) >= 11 is 0. The highest BCUT2D eigenvalue weighted by molar-refractivity contribution is 5.20. The number of benzene rings is 1. The number of rotatable bonds is 2. The maximum absolute atomic E-state index is 2.34. The quantitative estimate of drug-likeness (QED) is 0.638. The van der Waals surface area contributed by atoms with Crippen LogP contribution in [0.2, 0.25) is 0 Å². The van der Waals surface area contributed by atoms with Crippen LogP contribution in [0.25, 0.3) is 0 Å². The lowest BCUT2D eigenvalue weighted by atomic mass is 9.69.